The summed E-state index contributed by atoms with van der Waals surface area (Å²) in [5.74, 6) is 1.63. The van der Waals surface area contributed by atoms with Gasteiger partial charge in [-0.25, -0.2) is 14.5 Å². The number of aromatic nitrogens is 4. The molecule has 0 spiro atoms. The summed E-state index contributed by atoms with van der Waals surface area (Å²) in [5, 5.41) is 7.59. The zero-order valence-corrected chi connectivity index (χ0v) is 14.9. The van der Waals surface area contributed by atoms with Gasteiger partial charge in [-0.05, 0) is 44.4 Å². The molecule has 0 fully saturated rings. The third kappa shape index (κ3) is 2.83. The quantitative estimate of drug-likeness (QED) is 0.679. The van der Waals surface area contributed by atoms with Crippen LogP contribution >= 0.6 is 0 Å². The Morgan fingerprint density at radius 1 is 1.19 bits per heavy atom. The highest BCUT2D eigenvalue weighted by atomic mass is 19.1. The van der Waals surface area contributed by atoms with Gasteiger partial charge in [0, 0.05) is 30.9 Å². The average Bonchev–Trinajstić information content (AvgIpc) is 3.25. The van der Waals surface area contributed by atoms with Crippen LogP contribution in [0.1, 0.15) is 36.7 Å². The summed E-state index contributed by atoms with van der Waals surface area (Å²) in [6.07, 6.45) is 6.15. The molecule has 134 valence electrons. The number of aryl methyl sites for hydroxylation is 1. The van der Waals surface area contributed by atoms with E-state index in [0.29, 0.717) is 12.2 Å². The number of rotatable bonds is 6. The first kappa shape index (κ1) is 16.6. The van der Waals surface area contributed by atoms with E-state index in [1.54, 1.807) is 0 Å². The molecule has 0 saturated carbocycles. The number of hydrogen-bond donors (Lipinski definition) is 1. The molecule has 0 saturated heterocycles. The molecule has 3 aromatic rings. The van der Waals surface area contributed by atoms with Crippen molar-refractivity contribution in [3.8, 4) is 11.3 Å². The van der Waals surface area contributed by atoms with E-state index in [-0.39, 0.29) is 12.6 Å². The first-order valence-electron chi connectivity index (χ1n) is 8.86. The van der Waals surface area contributed by atoms with E-state index in [4.69, 9.17) is 4.98 Å². The van der Waals surface area contributed by atoms with Crippen LogP contribution in [-0.2, 0) is 0 Å². The Kier molecular flexibility index (Phi) is 4.36. The highest BCUT2D eigenvalue weighted by Gasteiger charge is 2.22. The third-order valence-electron chi connectivity index (χ3n) is 4.68. The summed E-state index contributed by atoms with van der Waals surface area (Å²) in [6, 6.07) is 5.99. The van der Waals surface area contributed by atoms with Gasteiger partial charge in [-0.3, -0.25) is 9.38 Å². The minimum Gasteiger partial charge on any atom is -0.371 e. The maximum absolute atomic E-state index is 12.4. The van der Waals surface area contributed by atoms with Gasteiger partial charge < -0.3 is 5.32 Å². The van der Waals surface area contributed by atoms with Gasteiger partial charge in [0.25, 0.3) is 0 Å². The molecule has 1 atom stereocenters. The van der Waals surface area contributed by atoms with E-state index in [0.717, 1.165) is 46.8 Å². The van der Waals surface area contributed by atoms with E-state index in [9.17, 15) is 4.39 Å². The van der Waals surface area contributed by atoms with Gasteiger partial charge in [0.05, 0.1) is 23.7 Å². The summed E-state index contributed by atoms with van der Waals surface area (Å²) >= 11 is 0. The molecule has 1 aliphatic rings. The Labute approximate surface area is 151 Å². The van der Waals surface area contributed by atoms with E-state index < -0.39 is 0 Å². The van der Waals surface area contributed by atoms with Crippen LogP contribution in [0.25, 0.3) is 16.8 Å². The lowest BCUT2D eigenvalue weighted by Gasteiger charge is -2.10. The summed E-state index contributed by atoms with van der Waals surface area (Å²) in [6.45, 7) is 1.60. The largest absolute Gasteiger partial charge is 0.371 e. The molecule has 0 amide bonds. The number of unbranched alkanes of at least 4 members (excludes halogenated alkanes) is 1. The molecule has 1 aliphatic heterocycles. The minimum absolute atomic E-state index is 0.160. The van der Waals surface area contributed by atoms with Crippen LogP contribution in [0.4, 0.5) is 15.9 Å². The van der Waals surface area contributed by atoms with E-state index in [1.807, 2.05) is 49.1 Å². The molecule has 26 heavy (non-hydrogen) atoms. The highest BCUT2D eigenvalue weighted by Crippen LogP contribution is 2.37. The Morgan fingerprint density at radius 3 is 2.88 bits per heavy atom. The summed E-state index contributed by atoms with van der Waals surface area (Å²) in [4.78, 5) is 13.8. The molecule has 4 heterocycles. The topological polar surface area (TPSA) is 67.5 Å². The fourth-order valence-electron chi connectivity index (χ4n) is 3.43. The molecule has 1 N–H and O–H groups in total. The molecule has 3 aromatic heterocycles. The lowest BCUT2D eigenvalue weighted by Crippen LogP contribution is -2.04. The number of nitrogens with zero attached hydrogens (tertiary/aromatic N) is 5. The summed E-state index contributed by atoms with van der Waals surface area (Å²) in [5.41, 5.74) is 4.63. The molecule has 0 aliphatic carbocycles. The average molecular weight is 352 g/mol. The number of aliphatic imine (C=N–C) groups is 1. The van der Waals surface area contributed by atoms with Crippen LogP contribution in [0.5, 0.6) is 0 Å². The van der Waals surface area contributed by atoms with Gasteiger partial charge in [-0.1, -0.05) is 0 Å². The van der Waals surface area contributed by atoms with Gasteiger partial charge in [0.1, 0.15) is 11.3 Å². The zero-order valence-electron chi connectivity index (χ0n) is 14.9. The number of hydrogen-bond acceptors (Lipinski definition) is 5. The third-order valence-corrected chi connectivity index (χ3v) is 4.68. The van der Waals surface area contributed by atoms with E-state index in [2.05, 4.69) is 20.4 Å². The van der Waals surface area contributed by atoms with Gasteiger partial charge in [0.15, 0.2) is 5.82 Å². The number of alkyl halides is 1. The maximum Gasteiger partial charge on any atom is 0.154 e. The highest BCUT2D eigenvalue weighted by molar-refractivity contribution is 5.88. The number of pyridine rings is 1. The smallest absolute Gasteiger partial charge is 0.154 e. The first-order valence-corrected chi connectivity index (χ1v) is 8.86. The molecule has 1 unspecified atom stereocenters. The molecular formula is C19H21FN6. The van der Waals surface area contributed by atoms with Crippen molar-refractivity contribution < 1.29 is 4.39 Å². The number of fused-ring (bicyclic) bond motifs is 2. The Morgan fingerprint density at radius 2 is 2.08 bits per heavy atom. The molecule has 0 aromatic carbocycles. The van der Waals surface area contributed by atoms with Crippen LogP contribution in [0, 0.1) is 6.92 Å². The molecule has 0 radical (unpaired) electrons. The fraction of sp³-hybridized carbons (Fsp3) is 0.368. The first-order chi connectivity index (χ1) is 12.7. The van der Waals surface area contributed by atoms with Crippen LogP contribution in [0.15, 0.2) is 29.4 Å². The van der Waals surface area contributed by atoms with Crippen molar-refractivity contribution in [1.29, 1.82) is 0 Å². The van der Waals surface area contributed by atoms with Crippen LogP contribution in [-0.4, -0.2) is 39.5 Å². The Balaban J connectivity index is 1.74. The number of halogens is 1. The van der Waals surface area contributed by atoms with Crippen LogP contribution in [0.3, 0.4) is 0 Å². The van der Waals surface area contributed by atoms with Crippen molar-refractivity contribution in [3.63, 3.8) is 0 Å². The minimum atomic E-state index is -0.271. The summed E-state index contributed by atoms with van der Waals surface area (Å²) < 4.78 is 14.2. The number of nitrogens with one attached hydrogen (secondary N) is 1. The van der Waals surface area contributed by atoms with Crippen molar-refractivity contribution >= 4 is 23.2 Å². The lowest BCUT2D eigenvalue weighted by molar-refractivity contribution is 0.454. The van der Waals surface area contributed by atoms with Crippen LogP contribution < -0.4 is 5.32 Å². The van der Waals surface area contributed by atoms with Crippen molar-refractivity contribution in [2.24, 2.45) is 4.99 Å². The second-order valence-corrected chi connectivity index (χ2v) is 6.45. The van der Waals surface area contributed by atoms with Crippen molar-refractivity contribution in [3.05, 3.63) is 35.9 Å². The summed E-state index contributed by atoms with van der Waals surface area (Å²) in [7, 11) is 1.85. The molecule has 7 heteroatoms. The predicted molar refractivity (Wildman–Crippen MR) is 101 cm³/mol. The second-order valence-electron chi connectivity index (χ2n) is 6.45. The predicted octanol–water partition coefficient (Wildman–Crippen LogP) is 4.08. The maximum atomic E-state index is 12.4. The SMILES string of the molecule is CNc1nc(C)nn2ccc(-c3ccc4c(n3)C(CCCCF)C=N4)c12. The zero-order chi connectivity index (χ0) is 18.1. The normalized spacial score (nSPS) is 15.6. The van der Waals surface area contributed by atoms with Crippen molar-refractivity contribution in [1.82, 2.24) is 19.6 Å². The standard InChI is InChI=1S/C19H21FN6/c1-12-23-19(21-2)18-14(8-10-26(18)25-12)15-6-7-16-17(24-15)13(11-22-16)5-3-4-9-20/h6-8,10-11,13H,3-5,9H2,1-2H3,(H,21,23,25). The van der Waals surface area contributed by atoms with E-state index in [1.165, 1.54) is 0 Å². The molecule has 4 rings (SSSR count). The van der Waals surface area contributed by atoms with Crippen molar-refractivity contribution in [2.75, 3.05) is 19.0 Å². The van der Waals surface area contributed by atoms with Gasteiger partial charge >= 0.3 is 0 Å². The van der Waals surface area contributed by atoms with E-state index >= 15 is 0 Å². The molecule has 0 bridgehead atoms. The van der Waals surface area contributed by atoms with Crippen LogP contribution in [0.2, 0.25) is 0 Å². The fourth-order valence-corrected chi connectivity index (χ4v) is 3.43. The number of anilines is 1. The Bertz CT molecular complexity index is 978. The van der Waals surface area contributed by atoms with Gasteiger partial charge in [-0.15, -0.1) is 0 Å². The monoisotopic (exact) mass is 352 g/mol. The van der Waals surface area contributed by atoms with Gasteiger partial charge in [-0.2, -0.15) is 5.10 Å². The Hall–Kier alpha value is -2.83. The van der Waals surface area contributed by atoms with Gasteiger partial charge in [0.2, 0.25) is 0 Å². The van der Waals surface area contributed by atoms with Crippen molar-refractivity contribution in [2.45, 2.75) is 32.1 Å². The molecular weight excluding hydrogens is 331 g/mol. The lowest BCUT2D eigenvalue weighted by atomic mass is 9.99. The molecule has 6 nitrogen and oxygen atoms in total. The second kappa shape index (κ2) is 6.82.